The molecule has 0 saturated heterocycles. The topological polar surface area (TPSA) is 134 Å². The number of ether oxygens (including phenoxy) is 2. The van der Waals surface area contributed by atoms with Crippen molar-refractivity contribution in [2.75, 3.05) is 0 Å². The number of nitrogens with zero attached hydrogens (tertiary/aromatic N) is 2. The van der Waals surface area contributed by atoms with Crippen LogP contribution in [0.2, 0.25) is 0 Å². The molecule has 0 bridgehead atoms. The molecular weight excluding hydrogens is 517 g/mol. The van der Waals surface area contributed by atoms with Crippen molar-refractivity contribution in [3.05, 3.63) is 61.7 Å². The molecule has 0 unspecified atom stereocenters. The number of amides is 1. The average Bonchev–Trinajstić information content (AvgIpc) is 3.59. The average molecular weight is 548 g/mol. The maximum atomic E-state index is 15.2. The number of carbonyl (C=O) groups is 2. The number of esters is 1. The van der Waals surface area contributed by atoms with Crippen molar-refractivity contribution in [1.29, 1.82) is 0 Å². The van der Waals surface area contributed by atoms with Gasteiger partial charge in [-0.15, -0.1) is 0 Å². The first kappa shape index (κ1) is 25.2. The molecule has 2 atom stereocenters. The second-order valence-electron chi connectivity index (χ2n) is 11.6. The predicted molar refractivity (Wildman–Crippen MR) is 142 cm³/mol. The van der Waals surface area contributed by atoms with Crippen molar-refractivity contribution in [2.45, 2.75) is 83.1 Å². The van der Waals surface area contributed by atoms with Crippen molar-refractivity contribution >= 4 is 23.0 Å². The van der Waals surface area contributed by atoms with Gasteiger partial charge in [0.1, 0.15) is 18.0 Å². The highest BCUT2D eigenvalue weighted by Crippen LogP contribution is 2.55. The van der Waals surface area contributed by atoms with E-state index in [2.05, 4.69) is 0 Å². The number of nitrogens with two attached hydrogens (primary N) is 1. The zero-order chi connectivity index (χ0) is 28.1. The van der Waals surface area contributed by atoms with Crippen LogP contribution in [-0.2, 0) is 45.0 Å². The Bertz CT molecular complexity index is 1730. The molecule has 2 aromatic heterocycles. The molecule has 1 aromatic carbocycles. The van der Waals surface area contributed by atoms with Crippen molar-refractivity contribution in [3.8, 4) is 11.4 Å². The van der Waals surface area contributed by atoms with Crippen molar-refractivity contribution in [2.24, 2.45) is 11.7 Å². The number of carbonyl (C=O) groups excluding carboxylic acids is 2. The number of rotatable bonds is 3. The van der Waals surface area contributed by atoms with Crippen LogP contribution in [0.4, 0.5) is 9.18 Å². The SMILES string of the molecule is CC[C@@]1(O)C(=O)OCc2c1cc1n(c2=O)Cc2c-1nc1cc(F)c(C)c3c1c2[C@@](OC(N)=O)(C1CCCC1)CC3. The summed E-state index contributed by atoms with van der Waals surface area (Å²) in [6, 6.07) is 3.03. The molecule has 2 aliphatic carbocycles. The van der Waals surface area contributed by atoms with Crippen LogP contribution in [0, 0.1) is 18.7 Å². The van der Waals surface area contributed by atoms with Gasteiger partial charge in [0.2, 0.25) is 0 Å². The lowest BCUT2D eigenvalue weighted by molar-refractivity contribution is -0.172. The third-order valence-electron chi connectivity index (χ3n) is 9.77. The van der Waals surface area contributed by atoms with Gasteiger partial charge >= 0.3 is 12.1 Å². The fourth-order valence-corrected chi connectivity index (χ4v) is 7.77. The summed E-state index contributed by atoms with van der Waals surface area (Å²) >= 11 is 0. The Kier molecular flexibility index (Phi) is 5.27. The Labute approximate surface area is 229 Å². The molecule has 208 valence electrons. The van der Waals surface area contributed by atoms with E-state index in [1.54, 1.807) is 24.5 Å². The number of halogens is 1. The first-order chi connectivity index (χ1) is 19.1. The van der Waals surface area contributed by atoms with Crippen molar-refractivity contribution in [3.63, 3.8) is 0 Å². The third kappa shape index (κ3) is 3.11. The smallest absolute Gasteiger partial charge is 0.405 e. The number of aryl methyl sites for hydroxylation is 1. The van der Waals surface area contributed by atoms with Gasteiger partial charge in [0.05, 0.1) is 29.0 Å². The van der Waals surface area contributed by atoms with E-state index in [0.29, 0.717) is 35.3 Å². The summed E-state index contributed by atoms with van der Waals surface area (Å²) in [5.74, 6) is -1.17. The van der Waals surface area contributed by atoms with Crippen molar-refractivity contribution < 1.29 is 28.6 Å². The van der Waals surface area contributed by atoms with Crippen LogP contribution in [0.1, 0.15) is 78.8 Å². The first-order valence-electron chi connectivity index (χ1n) is 13.9. The Hall–Kier alpha value is -3.79. The summed E-state index contributed by atoms with van der Waals surface area (Å²) in [6.45, 7) is 3.31. The van der Waals surface area contributed by atoms with Gasteiger partial charge in [-0.25, -0.2) is 19.0 Å². The lowest BCUT2D eigenvalue weighted by Crippen LogP contribution is -2.44. The van der Waals surface area contributed by atoms with Gasteiger partial charge in [0.15, 0.2) is 5.60 Å². The fourth-order valence-electron chi connectivity index (χ4n) is 7.77. The minimum absolute atomic E-state index is 0.0121. The fraction of sp³-hybridized carbons (Fsp3) is 0.467. The number of benzene rings is 1. The van der Waals surface area contributed by atoms with Gasteiger partial charge < -0.3 is 24.9 Å². The van der Waals surface area contributed by atoms with Gasteiger partial charge in [-0.3, -0.25) is 4.79 Å². The lowest BCUT2D eigenvalue weighted by Gasteiger charge is -2.43. The highest BCUT2D eigenvalue weighted by Gasteiger charge is 2.52. The highest BCUT2D eigenvalue weighted by atomic mass is 19.1. The molecule has 3 N–H and O–H groups in total. The molecule has 4 heterocycles. The molecule has 1 amide bonds. The zero-order valence-corrected chi connectivity index (χ0v) is 22.4. The molecule has 40 heavy (non-hydrogen) atoms. The van der Waals surface area contributed by atoms with Crippen LogP contribution in [0.3, 0.4) is 0 Å². The Balaban J connectivity index is 1.58. The van der Waals surface area contributed by atoms with E-state index in [-0.39, 0.29) is 48.0 Å². The van der Waals surface area contributed by atoms with E-state index in [1.807, 2.05) is 0 Å². The maximum Gasteiger partial charge on any atom is 0.405 e. The van der Waals surface area contributed by atoms with Crippen LogP contribution in [-0.4, -0.2) is 26.7 Å². The van der Waals surface area contributed by atoms with Crippen LogP contribution in [0.15, 0.2) is 16.9 Å². The maximum absolute atomic E-state index is 15.2. The van der Waals surface area contributed by atoms with Gasteiger partial charge in [-0.05, 0) is 56.2 Å². The Morgan fingerprint density at radius 3 is 2.70 bits per heavy atom. The van der Waals surface area contributed by atoms with E-state index in [1.165, 1.54) is 6.07 Å². The van der Waals surface area contributed by atoms with Crippen LogP contribution >= 0.6 is 0 Å². The summed E-state index contributed by atoms with van der Waals surface area (Å²) < 4.78 is 28.1. The largest absolute Gasteiger partial charge is 0.458 e. The number of cyclic esters (lactones) is 1. The highest BCUT2D eigenvalue weighted by molar-refractivity contribution is 5.94. The summed E-state index contributed by atoms with van der Waals surface area (Å²) in [5, 5.41) is 12.0. The van der Waals surface area contributed by atoms with E-state index in [4.69, 9.17) is 20.2 Å². The van der Waals surface area contributed by atoms with Crippen LogP contribution < -0.4 is 11.3 Å². The summed E-state index contributed by atoms with van der Waals surface area (Å²) in [6.07, 6.45) is 3.80. The van der Waals surface area contributed by atoms with Gasteiger partial charge in [-0.2, -0.15) is 0 Å². The normalized spacial score (nSPS) is 24.9. The third-order valence-corrected chi connectivity index (χ3v) is 9.77. The quantitative estimate of drug-likeness (QED) is 0.371. The molecule has 4 aliphatic rings. The summed E-state index contributed by atoms with van der Waals surface area (Å²) in [7, 11) is 0. The molecule has 3 aromatic rings. The Morgan fingerprint density at radius 1 is 1.25 bits per heavy atom. The summed E-state index contributed by atoms with van der Waals surface area (Å²) in [4.78, 5) is 43.8. The molecule has 7 rings (SSSR count). The molecule has 1 fully saturated rings. The molecule has 0 radical (unpaired) electrons. The number of primary amides is 1. The number of aliphatic hydroxyl groups is 1. The summed E-state index contributed by atoms with van der Waals surface area (Å²) in [5.41, 5.74) is 6.84. The molecular formula is C30H30FN3O6. The van der Waals surface area contributed by atoms with Crippen LogP contribution in [0.25, 0.3) is 22.3 Å². The van der Waals surface area contributed by atoms with E-state index < -0.39 is 23.3 Å². The van der Waals surface area contributed by atoms with Crippen molar-refractivity contribution in [1.82, 2.24) is 9.55 Å². The van der Waals surface area contributed by atoms with Gasteiger partial charge in [-0.1, -0.05) is 19.8 Å². The number of fused-ring (bicyclic) bond motifs is 5. The lowest BCUT2D eigenvalue weighted by atomic mass is 9.68. The molecule has 0 spiro atoms. The van der Waals surface area contributed by atoms with Gasteiger partial charge in [0.25, 0.3) is 5.56 Å². The predicted octanol–water partition coefficient (Wildman–Crippen LogP) is 3.95. The zero-order valence-electron chi connectivity index (χ0n) is 22.4. The molecule has 1 saturated carbocycles. The second-order valence-corrected chi connectivity index (χ2v) is 11.6. The molecule has 9 nitrogen and oxygen atoms in total. The number of pyridine rings is 2. The van der Waals surface area contributed by atoms with Crippen LogP contribution in [0.5, 0.6) is 0 Å². The monoisotopic (exact) mass is 547 g/mol. The van der Waals surface area contributed by atoms with E-state index in [0.717, 1.165) is 47.8 Å². The minimum Gasteiger partial charge on any atom is -0.458 e. The molecule has 10 heteroatoms. The standard InChI is InChI=1S/C30H30FN3O6/c1-3-29(38)19-10-22-25-17(12-34(22)26(35)18(19)13-39-27(29)36)24-23-16(14(2)20(31)11-21(23)33-25)8-9-30(24,40-28(32)37)15-6-4-5-7-15/h10-11,15,38H,3-9,12-13H2,1-2H3,(H2,32,37)/t29-,30-/m0/s1. The van der Waals surface area contributed by atoms with E-state index >= 15 is 4.39 Å². The Morgan fingerprint density at radius 2 is 2.00 bits per heavy atom. The first-order valence-corrected chi connectivity index (χ1v) is 13.9. The number of aromatic nitrogens is 2. The van der Waals surface area contributed by atoms with E-state index in [9.17, 15) is 19.5 Å². The number of hydrogen-bond donors (Lipinski definition) is 2. The van der Waals surface area contributed by atoms with Gasteiger partial charge in [0, 0.05) is 34.1 Å². The number of hydrogen-bond acceptors (Lipinski definition) is 7. The molecule has 2 aliphatic heterocycles. The second kappa shape index (κ2) is 8.36. The minimum atomic E-state index is -1.96.